The van der Waals surface area contributed by atoms with Gasteiger partial charge in [0.05, 0.1) is 12.3 Å². The molecule has 1 atom stereocenters. The fraction of sp³-hybridized carbons (Fsp3) is 0.667. The van der Waals surface area contributed by atoms with Crippen molar-refractivity contribution in [1.29, 1.82) is 0 Å². The zero-order chi connectivity index (χ0) is 11.4. The second-order valence-electron chi connectivity index (χ2n) is 4.24. The Morgan fingerprint density at radius 1 is 1.38 bits per heavy atom. The van der Waals surface area contributed by atoms with Crippen molar-refractivity contribution < 1.29 is 4.42 Å². The van der Waals surface area contributed by atoms with Crippen molar-refractivity contribution in [3.05, 3.63) is 24.2 Å². The van der Waals surface area contributed by atoms with Crippen molar-refractivity contribution in [2.45, 2.75) is 13.0 Å². The van der Waals surface area contributed by atoms with Gasteiger partial charge >= 0.3 is 0 Å². The summed E-state index contributed by atoms with van der Waals surface area (Å²) in [6, 6.07) is 4.19. The van der Waals surface area contributed by atoms with E-state index in [4.69, 9.17) is 10.2 Å². The lowest BCUT2D eigenvalue weighted by Crippen LogP contribution is -2.48. The highest BCUT2D eigenvalue weighted by Gasteiger charge is 2.24. The molecule has 2 rings (SSSR count). The van der Waals surface area contributed by atoms with E-state index in [0.29, 0.717) is 6.54 Å². The van der Waals surface area contributed by atoms with E-state index in [1.54, 1.807) is 6.26 Å². The Kier molecular flexibility index (Phi) is 3.98. The van der Waals surface area contributed by atoms with Gasteiger partial charge in [-0.15, -0.1) is 0 Å². The molecule has 1 fully saturated rings. The Hall–Kier alpha value is -0.840. The molecule has 2 N–H and O–H groups in total. The fourth-order valence-corrected chi connectivity index (χ4v) is 2.32. The standard InChI is InChI=1S/C12H21N3O/c1-2-14-5-7-15(8-6-14)11(10-13)12-4-3-9-16-12/h3-4,9,11H,2,5-8,10,13H2,1H3/t11-/m1/s1. The Labute approximate surface area is 97.0 Å². The van der Waals surface area contributed by atoms with Gasteiger partial charge in [-0.2, -0.15) is 0 Å². The summed E-state index contributed by atoms with van der Waals surface area (Å²) in [6.45, 7) is 8.40. The summed E-state index contributed by atoms with van der Waals surface area (Å²) < 4.78 is 5.46. The molecule has 90 valence electrons. The molecule has 0 aliphatic carbocycles. The van der Waals surface area contributed by atoms with E-state index in [9.17, 15) is 0 Å². The number of furan rings is 1. The van der Waals surface area contributed by atoms with Crippen LogP contribution in [0.1, 0.15) is 18.7 Å². The van der Waals surface area contributed by atoms with Crippen LogP contribution in [0.4, 0.5) is 0 Å². The van der Waals surface area contributed by atoms with Gasteiger partial charge in [-0.1, -0.05) is 6.92 Å². The molecule has 0 aromatic carbocycles. The average Bonchev–Trinajstić information content (AvgIpc) is 2.85. The van der Waals surface area contributed by atoms with Crippen LogP contribution in [0.3, 0.4) is 0 Å². The van der Waals surface area contributed by atoms with E-state index in [1.807, 2.05) is 12.1 Å². The predicted molar refractivity (Wildman–Crippen MR) is 64.2 cm³/mol. The minimum Gasteiger partial charge on any atom is -0.468 e. The maximum atomic E-state index is 5.85. The normalized spacial score (nSPS) is 21.1. The SMILES string of the molecule is CCN1CCN([C@H](CN)c2ccco2)CC1. The molecule has 1 saturated heterocycles. The first-order valence-corrected chi connectivity index (χ1v) is 6.05. The quantitative estimate of drug-likeness (QED) is 0.824. The average molecular weight is 223 g/mol. The molecule has 1 aliphatic heterocycles. The smallest absolute Gasteiger partial charge is 0.122 e. The Morgan fingerprint density at radius 2 is 2.12 bits per heavy atom. The summed E-state index contributed by atoms with van der Waals surface area (Å²) in [5, 5.41) is 0. The van der Waals surface area contributed by atoms with Crippen molar-refractivity contribution in [2.24, 2.45) is 5.73 Å². The Balaban J connectivity index is 1.96. The van der Waals surface area contributed by atoms with E-state index in [1.165, 1.54) is 0 Å². The van der Waals surface area contributed by atoms with Crippen molar-refractivity contribution in [1.82, 2.24) is 9.80 Å². The lowest BCUT2D eigenvalue weighted by Gasteiger charge is -2.37. The zero-order valence-corrected chi connectivity index (χ0v) is 9.93. The lowest BCUT2D eigenvalue weighted by atomic mass is 10.1. The topological polar surface area (TPSA) is 45.6 Å². The highest BCUT2D eigenvalue weighted by atomic mass is 16.3. The second kappa shape index (κ2) is 5.48. The molecule has 0 radical (unpaired) electrons. The minimum atomic E-state index is 0.244. The molecule has 1 aromatic heterocycles. The van der Waals surface area contributed by atoms with Crippen molar-refractivity contribution in [2.75, 3.05) is 39.3 Å². The molecule has 2 heterocycles. The zero-order valence-electron chi connectivity index (χ0n) is 9.93. The molecule has 4 nitrogen and oxygen atoms in total. The van der Waals surface area contributed by atoms with Gasteiger partial charge < -0.3 is 15.1 Å². The lowest BCUT2D eigenvalue weighted by molar-refractivity contribution is 0.0926. The van der Waals surface area contributed by atoms with Crippen LogP contribution < -0.4 is 5.73 Å². The highest BCUT2D eigenvalue weighted by Crippen LogP contribution is 2.21. The van der Waals surface area contributed by atoms with Gasteiger partial charge in [0.1, 0.15) is 5.76 Å². The predicted octanol–water partition coefficient (Wildman–Crippen LogP) is 0.917. The van der Waals surface area contributed by atoms with Crippen LogP contribution in [-0.2, 0) is 0 Å². The van der Waals surface area contributed by atoms with Gasteiger partial charge in [-0.3, -0.25) is 4.90 Å². The molecular weight excluding hydrogens is 202 g/mol. The fourth-order valence-electron chi connectivity index (χ4n) is 2.32. The summed E-state index contributed by atoms with van der Waals surface area (Å²) in [7, 11) is 0. The van der Waals surface area contributed by atoms with Crippen LogP contribution in [0.25, 0.3) is 0 Å². The van der Waals surface area contributed by atoms with Crippen molar-refractivity contribution >= 4 is 0 Å². The van der Waals surface area contributed by atoms with E-state index in [-0.39, 0.29) is 6.04 Å². The van der Waals surface area contributed by atoms with Crippen LogP contribution >= 0.6 is 0 Å². The molecule has 16 heavy (non-hydrogen) atoms. The molecule has 0 saturated carbocycles. The summed E-state index contributed by atoms with van der Waals surface area (Å²) in [6.07, 6.45) is 1.72. The first-order valence-electron chi connectivity index (χ1n) is 6.05. The molecule has 0 spiro atoms. The number of hydrogen-bond acceptors (Lipinski definition) is 4. The number of nitrogens with zero attached hydrogens (tertiary/aromatic N) is 2. The van der Waals surface area contributed by atoms with Crippen LogP contribution in [0.15, 0.2) is 22.8 Å². The van der Waals surface area contributed by atoms with Crippen LogP contribution in [0.2, 0.25) is 0 Å². The van der Waals surface area contributed by atoms with Gasteiger partial charge in [0.15, 0.2) is 0 Å². The summed E-state index contributed by atoms with van der Waals surface area (Å²) in [5.41, 5.74) is 5.85. The number of rotatable bonds is 4. The first kappa shape index (κ1) is 11.6. The molecular formula is C12H21N3O. The molecule has 0 unspecified atom stereocenters. The first-order chi connectivity index (χ1) is 7.85. The van der Waals surface area contributed by atoms with Gasteiger partial charge in [0, 0.05) is 32.7 Å². The number of piperazine rings is 1. The van der Waals surface area contributed by atoms with E-state index in [2.05, 4.69) is 16.7 Å². The summed E-state index contributed by atoms with van der Waals surface area (Å²) in [5.74, 6) is 0.993. The minimum absolute atomic E-state index is 0.244. The molecule has 0 bridgehead atoms. The van der Waals surface area contributed by atoms with Crippen LogP contribution in [-0.4, -0.2) is 49.1 Å². The van der Waals surface area contributed by atoms with Gasteiger partial charge in [-0.25, -0.2) is 0 Å². The van der Waals surface area contributed by atoms with Crippen molar-refractivity contribution in [3.63, 3.8) is 0 Å². The molecule has 1 aliphatic rings. The van der Waals surface area contributed by atoms with E-state index in [0.717, 1.165) is 38.5 Å². The summed E-state index contributed by atoms with van der Waals surface area (Å²) in [4.78, 5) is 4.89. The largest absolute Gasteiger partial charge is 0.468 e. The monoisotopic (exact) mass is 223 g/mol. The van der Waals surface area contributed by atoms with Gasteiger partial charge in [-0.05, 0) is 18.7 Å². The van der Waals surface area contributed by atoms with Gasteiger partial charge in [0.25, 0.3) is 0 Å². The number of hydrogen-bond donors (Lipinski definition) is 1. The third-order valence-corrected chi connectivity index (χ3v) is 3.39. The maximum Gasteiger partial charge on any atom is 0.122 e. The maximum absolute atomic E-state index is 5.85. The number of likely N-dealkylation sites (N-methyl/N-ethyl adjacent to an activating group) is 1. The van der Waals surface area contributed by atoms with Gasteiger partial charge in [0.2, 0.25) is 0 Å². The number of nitrogens with two attached hydrogens (primary N) is 1. The van der Waals surface area contributed by atoms with E-state index >= 15 is 0 Å². The molecule has 1 aromatic rings. The highest BCUT2D eigenvalue weighted by molar-refractivity contribution is 5.05. The third kappa shape index (κ3) is 2.45. The third-order valence-electron chi connectivity index (χ3n) is 3.39. The Morgan fingerprint density at radius 3 is 2.62 bits per heavy atom. The van der Waals surface area contributed by atoms with Crippen LogP contribution in [0, 0.1) is 0 Å². The molecule has 4 heteroatoms. The Bertz CT molecular complexity index is 291. The molecule has 0 amide bonds. The summed E-state index contributed by atoms with van der Waals surface area (Å²) >= 11 is 0. The van der Waals surface area contributed by atoms with Crippen LogP contribution in [0.5, 0.6) is 0 Å². The van der Waals surface area contributed by atoms with Crippen molar-refractivity contribution in [3.8, 4) is 0 Å². The second-order valence-corrected chi connectivity index (χ2v) is 4.24. The van der Waals surface area contributed by atoms with E-state index < -0.39 is 0 Å².